The van der Waals surface area contributed by atoms with Gasteiger partial charge < -0.3 is 15.2 Å². The van der Waals surface area contributed by atoms with Crippen LogP contribution in [0.15, 0.2) is 35.3 Å². The lowest BCUT2D eigenvalue weighted by molar-refractivity contribution is -0.127. The normalized spacial score (nSPS) is 18.9. The van der Waals surface area contributed by atoms with Crippen LogP contribution in [-0.4, -0.2) is 49.6 Å². The number of nitrogens with one attached hydrogen (secondary N) is 2. The summed E-state index contributed by atoms with van der Waals surface area (Å²) in [6.07, 6.45) is 4.70. The summed E-state index contributed by atoms with van der Waals surface area (Å²) >= 11 is 0. The number of carbonyl (C=O) groups is 2. The van der Waals surface area contributed by atoms with Crippen LogP contribution in [0, 0.1) is 12.8 Å². The number of amides is 2. The number of H-pyrrole nitrogens is 1. The Hall–Kier alpha value is -3.49. The zero-order chi connectivity index (χ0) is 21.5. The minimum atomic E-state index is -0.389. The van der Waals surface area contributed by atoms with Crippen LogP contribution in [0.4, 0.5) is 0 Å². The Bertz CT molecular complexity index is 1220. The number of benzene rings is 1. The van der Waals surface area contributed by atoms with Gasteiger partial charge in [0.05, 0.1) is 12.2 Å². The van der Waals surface area contributed by atoms with Crippen LogP contribution in [0.2, 0.25) is 0 Å². The van der Waals surface area contributed by atoms with Crippen molar-refractivity contribution in [3.05, 3.63) is 63.3 Å². The molecule has 5 rings (SSSR count). The first-order chi connectivity index (χ1) is 15.0. The number of carbonyl (C=O) groups excluding carboxylic acids is 2. The average molecular weight is 420 g/mol. The lowest BCUT2D eigenvalue weighted by Crippen LogP contribution is -2.43. The van der Waals surface area contributed by atoms with Gasteiger partial charge in [-0.05, 0) is 43.7 Å². The molecule has 0 spiro atoms. The number of fused-ring (bicyclic) bond motifs is 2. The monoisotopic (exact) mass is 420 g/mol. The molecular weight excluding hydrogens is 396 g/mol. The van der Waals surface area contributed by atoms with E-state index in [0.717, 1.165) is 12.8 Å². The highest BCUT2D eigenvalue weighted by atomic mass is 16.2. The lowest BCUT2D eigenvalue weighted by atomic mass is 9.95. The van der Waals surface area contributed by atoms with Gasteiger partial charge in [0.15, 0.2) is 11.2 Å². The molecule has 160 valence electrons. The number of aromatic amines is 1. The van der Waals surface area contributed by atoms with Crippen LogP contribution < -0.4 is 10.9 Å². The number of hydrogen-bond donors (Lipinski definition) is 2. The molecule has 9 heteroatoms. The average Bonchev–Trinajstić information content (AvgIpc) is 3.38. The van der Waals surface area contributed by atoms with E-state index in [9.17, 15) is 14.4 Å². The van der Waals surface area contributed by atoms with Crippen molar-refractivity contribution < 1.29 is 9.59 Å². The van der Waals surface area contributed by atoms with Crippen molar-refractivity contribution in [2.75, 3.05) is 13.1 Å². The first-order valence-electron chi connectivity index (χ1n) is 10.6. The Kier molecular flexibility index (Phi) is 4.80. The van der Waals surface area contributed by atoms with E-state index < -0.39 is 0 Å². The van der Waals surface area contributed by atoms with Gasteiger partial charge in [-0.3, -0.25) is 14.4 Å². The molecule has 0 bridgehead atoms. The van der Waals surface area contributed by atoms with Crippen molar-refractivity contribution in [3.63, 3.8) is 0 Å². The van der Waals surface area contributed by atoms with E-state index in [4.69, 9.17) is 0 Å². The van der Waals surface area contributed by atoms with Gasteiger partial charge in [-0.2, -0.15) is 0 Å². The van der Waals surface area contributed by atoms with Gasteiger partial charge in [-0.15, -0.1) is 5.10 Å². The highest BCUT2D eigenvalue weighted by Crippen LogP contribution is 2.31. The molecule has 0 radical (unpaired) electrons. The summed E-state index contributed by atoms with van der Waals surface area (Å²) in [4.78, 5) is 42.4. The van der Waals surface area contributed by atoms with E-state index in [0.29, 0.717) is 31.6 Å². The summed E-state index contributed by atoms with van der Waals surface area (Å²) < 4.78 is 1.33. The topological polar surface area (TPSA) is 112 Å². The van der Waals surface area contributed by atoms with Gasteiger partial charge in [-0.25, -0.2) is 4.52 Å². The van der Waals surface area contributed by atoms with E-state index in [1.807, 2.05) is 12.1 Å². The molecule has 9 nitrogen and oxygen atoms in total. The van der Waals surface area contributed by atoms with Crippen LogP contribution in [0.1, 0.15) is 52.6 Å². The first kappa shape index (κ1) is 19.5. The maximum atomic E-state index is 13.0. The molecule has 1 atom stereocenters. The van der Waals surface area contributed by atoms with E-state index in [1.165, 1.54) is 15.6 Å². The molecule has 2 amide bonds. The van der Waals surface area contributed by atoms with Crippen molar-refractivity contribution >= 4 is 17.3 Å². The van der Waals surface area contributed by atoms with E-state index >= 15 is 0 Å². The molecule has 3 heterocycles. The van der Waals surface area contributed by atoms with Gasteiger partial charge in [0.2, 0.25) is 5.91 Å². The SMILES string of the molecule is Cc1cn2nnc(C(=O)N3CCC(C(=O)N[C@H]4CCc5ccccc54)CC3)c2c(=O)[nH]1. The summed E-state index contributed by atoms with van der Waals surface area (Å²) in [7, 11) is 0. The number of aryl methyl sites for hydroxylation is 2. The number of likely N-dealkylation sites (tertiary alicyclic amines) is 1. The minimum Gasteiger partial charge on any atom is -0.349 e. The van der Waals surface area contributed by atoms with E-state index in [1.54, 1.807) is 18.0 Å². The van der Waals surface area contributed by atoms with Crippen LogP contribution in [0.5, 0.6) is 0 Å². The zero-order valence-electron chi connectivity index (χ0n) is 17.3. The van der Waals surface area contributed by atoms with E-state index in [-0.39, 0.29) is 40.5 Å². The fourth-order valence-corrected chi connectivity index (χ4v) is 4.68. The van der Waals surface area contributed by atoms with Crippen LogP contribution >= 0.6 is 0 Å². The summed E-state index contributed by atoms with van der Waals surface area (Å²) in [6.45, 7) is 2.63. The Morgan fingerprint density at radius 1 is 1.16 bits per heavy atom. The highest BCUT2D eigenvalue weighted by Gasteiger charge is 2.32. The predicted octanol–water partition coefficient (Wildman–Crippen LogP) is 1.38. The smallest absolute Gasteiger partial charge is 0.276 e. The maximum absolute atomic E-state index is 13.0. The van der Waals surface area contributed by atoms with Crippen molar-refractivity contribution in [2.24, 2.45) is 5.92 Å². The first-order valence-corrected chi connectivity index (χ1v) is 10.6. The van der Waals surface area contributed by atoms with Crippen LogP contribution in [-0.2, 0) is 11.2 Å². The highest BCUT2D eigenvalue weighted by molar-refractivity contribution is 5.98. The number of rotatable bonds is 3. The third kappa shape index (κ3) is 3.49. The van der Waals surface area contributed by atoms with E-state index in [2.05, 4.69) is 32.7 Å². The third-order valence-corrected chi connectivity index (χ3v) is 6.34. The standard InChI is InChI=1S/C22H24N6O3/c1-13-12-28-19(21(30)23-13)18(25-26-28)22(31)27-10-8-15(9-11-27)20(29)24-17-7-6-14-4-2-3-5-16(14)17/h2-5,12,15,17H,6-11H2,1H3,(H,23,30)(H,24,29)/t17-/m0/s1. The van der Waals surface area contributed by atoms with Crippen molar-refractivity contribution in [2.45, 2.75) is 38.6 Å². The molecule has 0 saturated carbocycles. The number of aromatic nitrogens is 4. The number of nitrogens with zero attached hydrogens (tertiary/aromatic N) is 4. The Morgan fingerprint density at radius 3 is 2.74 bits per heavy atom. The van der Waals surface area contributed by atoms with Gasteiger partial charge >= 0.3 is 0 Å². The van der Waals surface area contributed by atoms with Crippen LogP contribution in [0.25, 0.3) is 5.52 Å². The fourth-order valence-electron chi connectivity index (χ4n) is 4.68. The van der Waals surface area contributed by atoms with Crippen molar-refractivity contribution in [3.8, 4) is 0 Å². The second kappa shape index (κ2) is 7.64. The van der Waals surface area contributed by atoms with Crippen molar-refractivity contribution in [1.29, 1.82) is 0 Å². The molecule has 1 aliphatic carbocycles. The Balaban J connectivity index is 1.23. The number of hydrogen-bond acceptors (Lipinski definition) is 5. The predicted molar refractivity (Wildman–Crippen MR) is 113 cm³/mol. The largest absolute Gasteiger partial charge is 0.349 e. The second-order valence-corrected chi connectivity index (χ2v) is 8.36. The summed E-state index contributed by atoms with van der Waals surface area (Å²) in [5.41, 5.74) is 2.96. The minimum absolute atomic E-state index is 0.0479. The molecule has 31 heavy (non-hydrogen) atoms. The molecule has 1 aromatic carbocycles. The molecule has 1 saturated heterocycles. The molecule has 2 aromatic heterocycles. The molecule has 2 N–H and O–H groups in total. The van der Waals surface area contributed by atoms with Gasteiger partial charge in [0, 0.05) is 24.7 Å². The Labute approximate surface area is 178 Å². The van der Waals surface area contributed by atoms with Gasteiger partial charge in [-0.1, -0.05) is 29.5 Å². The van der Waals surface area contributed by atoms with Gasteiger partial charge in [0.25, 0.3) is 11.5 Å². The molecular formula is C22H24N6O3. The molecule has 1 aliphatic heterocycles. The zero-order valence-corrected chi connectivity index (χ0v) is 17.3. The maximum Gasteiger partial charge on any atom is 0.276 e. The summed E-state index contributed by atoms with van der Waals surface area (Å²) in [6, 6.07) is 8.31. The molecule has 0 unspecified atom stereocenters. The van der Waals surface area contributed by atoms with Crippen molar-refractivity contribution in [1.82, 2.24) is 30.0 Å². The molecule has 3 aromatic rings. The summed E-state index contributed by atoms with van der Waals surface area (Å²) in [5, 5.41) is 11.0. The third-order valence-electron chi connectivity index (χ3n) is 6.34. The van der Waals surface area contributed by atoms with Crippen LogP contribution in [0.3, 0.4) is 0 Å². The fraction of sp³-hybridized carbons (Fsp3) is 0.409. The Morgan fingerprint density at radius 2 is 1.94 bits per heavy atom. The lowest BCUT2D eigenvalue weighted by Gasteiger charge is -2.31. The second-order valence-electron chi connectivity index (χ2n) is 8.36. The summed E-state index contributed by atoms with van der Waals surface area (Å²) in [5.74, 6) is -0.400. The molecule has 1 fully saturated rings. The molecule has 2 aliphatic rings. The number of piperidine rings is 1. The van der Waals surface area contributed by atoms with Gasteiger partial charge in [0.1, 0.15) is 0 Å². The quantitative estimate of drug-likeness (QED) is 0.665.